The summed E-state index contributed by atoms with van der Waals surface area (Å²) < 4.78 is 0. The molecule has 0 radical (unpaired) electrons. The van der Waals surface area contributed by atoms with Gasteiger partial charge in [-0.25, -0.2) is 0 Å². The standard InChI is InChI=1S/C11H12N2O2/c12-11(15)8-3-1-2-7(4-8)9-5-10(14)13-6-9/h1-4,9H,5-6H2,(H2,12,15)(H,13,14). The fourth-order valence-electron chi connectivity index (χ4n) is 1.79. The molecule has 1 aromatic rings. The van der Waals surface area contributed by atoms with Crippen LogP contribution in [0.2, 0.25) is 0 Å². The Labute approximate surface area is 87.5 Å². The van der Waals surface area contributed by atoms with E-state index in [1.165, 1.54) is 0 Å². The smallest absolute Gasteiger partial charge is 0.248 e. The van der Waals surface area contributed by atoms with Crippen LogP contribution < -0.4 is 11.1 Å². The lowest BCUT2D eigenvalue weighted by atomic mass is 9.96. The number of rotatable bonds is 2. The lowest BCUT2D eigenvalue weighted by molar-refractivity contribution is -0.119. The van der Waals surface area contributed by atoms with Crippen molar-refractivity contribution in [3.05, 3.63) is 35.4 Å². The van der Waals surface area contributed by atoms with E-state index in [1.807, 2.05) is 6.07 Å². The highest BCUT2D eigenvalue weighted by atomic mass is 16.2. The van der Waals surface area contributed by atoms with Crippen molar-refractivity contribution in [3.8, 4) is 0 Å². The molecule has 1 aliphatic heterocycles. The van der Waals surface area contributed by atoms with Gasteiger partial charge in [-0.1, -0.05) is 12.1 Å². The van der Waals surface area contributed by atoms with Gasteiger partial charge in [-0.15, -0.1) is 0 Å². The zero-order valence-corrected chi connectivity index (χ0v) is 8.19. The van der Waals surface area contributed by atoms with E-state index in [0.29, 0.717) is 18.5 Å². The molecule has 0 bridgehead atoms. The molecule has 4 nitrogen and oxygen atoms in total. The van der Waals surface area contributed by atoms with E-state index in [0.717, 1.165) is 5.56 Å². The van der Waals surface area contributed by atoms with E-state index in [1.54, 1.807) is 18.2 Å². The summed E-state index contributed by atoms with van der Waals surface area (Å²) in [5, 5.41) is 2.76. The van der Waals surface area contributed by atoms with Crippen LogP contribution in [-0.4, -0.2) is 18.4 Å². The van der Waals surface area contributed by atoms with Crippen molar-refractivity contribution in [2.45, 2.75) is 12.3 Å². The predicted octanol–water partition coefficient (Wildman–Crippen LogP) is 0.389. The van der Waals surface area contributed by atoms with Crippen molar-refractivity contribution in [1.82, 2.24) is 5.32 Å². The summed E-state index contributed by atoms with van der Waals surface area (Å²) in [6.45, 7) is 0.640. The maximum absolute atomic E-state index is 11.0. The van der Waals surface area contributed by atoms with Gasteiger partial charge in [0, 0.05) is 24.4 Å². The van der Waals surface area contributed by atoms with E-state index < -0.39 is 5.91 Å². The van der Waals surface area contributed by atoms with Gasteiger partial charge in [-0.2, -0.15) is 0 Å². The van der Waals surface area contributed by atoms with Crippen LogP contribution in [0, 0.1) is 0 Å². The summed E-state index contributed by atoms with van der Waals surface area (Å²) in [6, 6.07) is 7.14. The molecule has 1 atom stereocenters. The van der Waals surface area contributed by atoms with Crippen molar-refractivity contribution in [1.29, 1.82) is 0 Å². The van der Waals surface area contributed by atoms with E-state index in [9.17, 15) is 9.59 Å². The average Bonchev–Trinajstić information content (AvgIpc) is 2.65. The lowest BCUT2D eigenvalue weighted by Crippen LogP contribution is -2.14. The molecule has 4 heteroatoms. The first-order valence-corrected chi connectivity index (χ1v) is 4.83. The van der Waals surface area contributed by atoms with Gasteiger partial charge in [0.05, 0.1) is 0 Å². The maximum Gasteiger partial charge on any atom is 0.248 e. The number of nitrogens with one attached hydrogen (secondary N) is 1. The Bertz CT molecular complexity index is 415. The topological polar surface area (TPSA) is 72.2 Å². The molecule has 0 aromatic heterocycles. The number of benzene rings is 1. The van der Waals surface area contributed by atoms with Crippen LogP contribution in [0.3, 0.4) is 0 Å². The molecule has 1 fully saturated rings. The number of nitrogens with two attached hydrogens (primary N) is 1. The molecular weight excluding hydrogens is 192 g/mol. The van der Waals surface area contributed by atoms with Crippen molar-refractivity contribution >= 4 is 11.8 Å². The van der Waals surface area contributed by atoms with E-state index in [4.69, 9.17) is 5.73 Å². The third-order valence-corrected chi connectivity index (χ3v) is 2.62. The molecule has 2 amide bonds. The summed E-state index contributed by atoms with van der Waals surface area (Å²) in [5.74, 6) is -0.213. The van der Waals surface area contributed by atoms with E-state index in [-0.39, 0.29) is 11.8 Å². The van der Waals surface area contributed by atoms with E-state index in [2.05, 4.69) is 5.32 Å². The molecule has 1 heterocycles. The zero-order chi connectivity index (χ0) is 10.8. The third-order valence-electron chi connectivity index (χ3n) is 2.62. The number of carbonyl (C=O) groups is 2. The fourth-order valence-corrected chi connectivity index (χ4v) is 1.79. The van der Waals surface area contributed by atoms with Gasteiger partial charge in [0.15, 0.2) is 0 Å². The van der Waals surface area contributed by atoms with Crippen molar-refractivity contribution in [3.63, 3.8) is 0 Å². The van der Waals surface area contributed by atoms with E-state index >= 15 is 0 Å². The Morgan fingerprint density at radius 3 is 2.87 bits per heavy atom. The number of amides is 2. The van der Waals surface area contributed by atoms with Gasteiger partial charge in [0.25, 0.3) is 0 Å². The summed E-state index contributed by atoms with van der Waals surface area (Å²) >= 11 is 0. The Morgan fingerprint density at radius 2 is 2.27 bits per heavy atom. The molecule has 1 saturated heterocycles. The Kier molecular flexibility index (Phi) is 2.41. The van der Waals surface area contributed by atoms with Gasteiger partial charge in [0.1, 0.15) is 0 Å². The van der Waals surface area contributed by atoms with Crippen molar-refractivity contribution in [2.75, 3.05) is 6.54 Å². The zero-order valence-electron chi connectivity index (χ0n) is 8.19. The molecule has 1 aromatic carbocycles. The maximum atomic E-state index is 11.0. The average molecular weight is 204 g/mol. The van der Waals surface area contributed by atoms with Gasteiger partial charge in [0.2, 0.25) is 11.8 Å². The number of hydrogen-bond acceptors (Lipinski definition) is 2. The molecule has 0 spiro atoms. The largest absolute Gasteiger partial charge is 0.366 e. The van der Waals surface area contributed by atoms with Crippen LogP contribution in [0.5, 0.6) is 0 Å². The highest BCUT2D eigenvalue weighted by Crippen LogP contribution is 2.23. The minimum atomic E-state index is -0.436. The predicted molar refractivity (Wildman–Crippen MR) is 55.3 cm³/mol. The van der Waals surface area contributed by atoms with Gasteiger partial charge in [-0.3, -0.25) is 9.59 Å². The molecule has 0 saturated carbocycles. The highest BCUT2D eigenvalue weighted by Gasteiger charge is 2.23. The van der Waals surface area contributed by atoms with Crippen molar-refractivity contribution in [2.24, 2.45) is 5.73 Å². The van der Waals surface area contributed by atoms with Crippen LogP contribution in [-0.2, 0) is 4.79 Å². The first kappa shape index (κ1) is 9.71. The molecular formula is C11H12N2O2. The summed E-state index contributed by atoms with van der Waals surface area (Å²) in [6.07, 6.45) is 0.488. The first-order chi connectivity index (χ1) is 7.16. The van der Waals surface area contributed by atoms with Crippen LogP contribution in [0.25, 0.3) is 0 Å². The second-order valence-electron chi connectivity index (χ2n) is 3.69. The first-order valence-electron chi connectivity index (χ1n) is 4.83. The lowest BCUT2D eigenvalue weighted by Gasteiger charge is -2.08. The van der Waals surface area contributed by atoms with Crippen LogP contribution in [0.4, 0.5) is 0 Å². The third kappa shape index (κ3) is 1.98. The van der Waals surface area contributed by atoms with Gasteiger partial charge >= 0.3 is 0 Å². The SMILES string of the molecule is NC(=O)c1cccc(C2CNC(=O)C2)c1. The van der Waals surface area contributed by atoms with Crippen LogP contribution >= 0.6 is 0 Å². The quantitative estimate of drug-likeness (QED) is 0.731. The fraction of sp³-hybridized carbons (Fsp3) is 0.273. The molecule has 78 valence electrons. The van der Waals surface area contributed by atoms with Crippen LogP contribution in [0.1, 0.15) is 28.3 Å². The highest BCUT2D eigenvalue weighted by molar-refractivity contribution is 5.93. The summed E-state index contributed by atoms with van der Waals surface area (Å²) in [4.78, 5) is 22.0. The van der Waals surface area contributed by atoms with Crippen molar-refractivity contribution < 1.29 is 9.59 Å². The second kappa shape index (κ2) is 3.73. The minimum absolute atomic E-state index is 0.0597. The Balaban J connectivity index is 2.25. The normalized spacial score (nSPS) is 20.0. The summed E-state index contributed by atoms with van der Waals surface area (Å²) in [7, 11) is 0. The Hall–Kier alpha value is -1.84. The molecule has 0 aliphatic carbocycles. The Morgan fingerprint density at radius 1 is 1.47 bits per heavy atom. The van der Waals surface area contributed by atoms with Crippen LogP contribution in [0.15, 0.2) is 24.3 Å². The monoisotopic (exact) mass is 204 g/mol. The number of hydrogen-bond donors (Lipinski definition) is 2. The summed E-state index contributed by atoms with van der Waals surface area (Å²) in [5.41, 5.74) is 6.67. The minimum Gasteiger partial charge on any atom is -0.366 e. The molecule has 15 heavy (non-hydrogen) atoms. The number of primary amides is 1. The molecule has 1 aliphatic rings. The van der Waals surface area contributed by atoms with Gasteiger partial charge in [-0.05, 0) is 17.7 Å². The molecule has 2 rings (SSSR count). The second-order valence-corrected chi connectivity index (χ2v) is 3.69. The number of carbonyl (C=O) groups excluding carboxylic acids is 2. The molecule has 3 N–H and O–H groups in total. The molecule has 1 unspecified atom stereocenters. The van der Waals surface area contributed by atoms with Gasteiger partial charge < -0.3 is 11.1 Å².